The highest BCUT2D eigenvalue weighted by molar-refractivity contribution is 7.99. The van der Waals surface area contributed by atoms with Gasteiger partial charge in [-0.3, -0.25) is 4.79 Å². The van der Waals surface area contributed by atoms with Crippen LogP contribution in [0.15, 0.2) is 41.8 Å². The van der Waals surface area contributed by atoms with Crippen LogP contribution in [0.25, 0.3) is 22.1 Å². The number of carbonyl (C=O) groups excluding carboxylic acids is 1. The zero-order chi connectivity index (χ0) is 17.4. The Morgan fingerprint density at radius 3 is 3.08 bits per heavy atom. The molecule has 0 saturated carbocycles. The van der Waals surface area contributed by atoms with Crippen molar-refractivity contribution in [1.29, 1.82) is 0 Å². The Morgan fingerprint density at radius 2 is 2.24 bits per heavy atom. The van der Waals surface area contributed by atoms with Gasteiger partial charge in [0, 0.05) is 28.9 Å². The molecule has 3 aromatic heterocycles. The number of Topliss-reactive ketones (excluding diaryl/α,β-unsaturated/α-hetero) is 1. The predicted octanol–water partition coefficient (Wildman–Crippen LogP) is 4.63. The number of aromatic amines is 2. The maximum absolute atomic E-state index is 12.6. The van der Waals surface area contributed by atoms with Crippen LogP contribution in [0, 0.1) is 0 Å². The van der Waals surface area contributed by atoms with Crippen molar-refractivity contribution in [3.63, 3.8) is 0 Å². The zero-order valence-electron chi connectivity index (χ0n) is 13.5. The number of aromatic nitrogens is 4. The smallest absolute Gasteiger partial charge is 0.178 e. The van der Waals surface area contributed by atoms with E-state index in [4.69, 9.17) is 11.6 Å². The van der Waals surface area contributed by atoms with Gasteiger partial charge >= 0.3 is 0 Å². The fourth-order valence-electron chi connectivity index (χ4n) is 2.87. The summed E-state index contributed by atoms with van der Waals surface area (Å²) in [6.45, 7) is 2.11. The second-order valence-corrected chi connectivity index (χ2v) is 7.07. The van der Waals surface area contributed by atoms with Gasteiger partial charge in [0.15, 0.2) is 16.6 Å². The van der Waals surface area contributed by atoms with E-state index in [2.05, 4.69) is 32.9 Å². The molecule has 2 N–H and O–H groups in total. The number of carbonyl (C=O) groups is 1. The summed E-state index contributed by atoms with van der Waals surface area (Å²) >= 11 is 7.29. The highest BCUT2D eigenvalue weighted by Gasteiger charge is 2.15. The Bertz CT molecular complexity index is 1090. The van der Waals surface area contributed by atoms with Crippen molar-refractivity contribution in [2.45, 2.75) is 18.5 Å². The van der Waals surface area contributed by atoms with Crippen molar-refractivity contribution in [2.75, 3.05) is 5.75 Å². The first-order valence-electron chi connectivity index (χ1n) is 7.92. The number of pyridine rings is 1. The third kappa shape index (κ3) is 3.03. The van der Waals surface area contributed by atoms with Gasteiger partial charge in [-0.25, -0.2) is 9.97 Å². The molecule has 0 saturated heterocycles. The molecule has 126 valence electrons. The number of halogens is 1. The van der Waals surface area contributed by atoms with Gasteiger partial charge in [-0.15, -0.1) is 0 Å². The number of nitrogens with zero attached hydrogens (tertiary/aromatic N) is 2. The largest absolute Gasteiger partial charge is 0.360 e. The van der Waals surface area contributed by atoms with Crippen LogP contribution in [-0.4, -0.2) is 31.5 Å². The first kappa shape index (κ1) is 16.2. The molecule has 3 heterocycles. The number of fused-ring (bicyclic) bond motifs is 2. The summed E-state index contributed by atoms with van der Waals surface area (Å²) in [4.78, 5) is 27.6. The molecule has 0 radical (unpaired) electrons. The van der Waals surface area contributed by atoms with E-state index >= 15 is 0 Å². The molecule has 0 aliphatic carbocycles. The van der Waals surface area contributed by atoms with Crippen molar-refractivity contribution < 1.29 is 4.79 Å². The van der Waals surface area contributed by atoms with E-state index in [9.17, 15) is 4.79 Å². The third-order valence-electron chi connectivity index (χ3n) is 4.11. The molecular weight excluding hydrogens is 356 g/mol. The van der Waals surface area contributed by atoms with E-state index < -0.39 is 0 Å². The minimum absolute atomic E-state index is 0.0657. The van der Waals surface area contributed by atoms with Gasteiger partial charge in [0.05, 0.1) is 16.3 Å². The number of thioether (sulfide) groups is 1. The van der Waals surface area contributed by atoms with E-state index in [-0.39, 0.29) is 5.78 Å². The summed E-state index contributed by atoms with van der Waals surface area (Å²) in [5, 5.41) is 2.18. The van der Waals surface area contributed by atoms with Crippen LogP contribution in [-0.2, 0) is 6.42 Å². The van der Waals surface area contributed by atoms with E-state index in [1.165, 1.54) is 17.3 Å². The highest BCUT2D eigenvalue weighted by Crippen LogP contribution is 2.25. The van der Waals surface area contributed by atoms with Gasteiger partial charge in [0.1, 0.15) is 0 Å². The van der Waals surface area contributed by atoms with E-state index in [1.807, 2.05) is 12.1 Å². The first-order chi connectivity index (χ1) is 12.2. The van der Waals surface area contributed by atoms with E-state index in [0.717, 1.165) is 28.4 Å². The third-order valence-corrected chi connectivity index (χ3v) is 5.19. The van der Waals surface area contributed by atoms with Crippen molar-refractivity contribution in [1.82, 2.24) is 19.9 Å². The topological polar surface area (TPSA) is 74.4 Å². The number of hydrogen-bond acceptors (Lipinski definition) is 4. The lowest BCUT2D eigenvalue weighted by molar-refractivity contribution is 0.102. The lowest BCUT2D eigenvalue weighted by atomic mass is 10.1. The maximum Gasteiger partial charge on any atom is 0.178 e. The summed E-state index contributed by atoms with van der Waals surface area (Å²) in [6, 6.07) is 7.83. The van der Waals surface area contributed by atoms with Crippen LogP contribution in [0.5, 0.6) is 0 Å². The number of nitrogens with one attached hydrogen (secondary N) is 2. The molecule has 0 amide bonds. The highest BCUT2D eigenvalue weighted by atomic mass is 35.5. The zero-order valence-corrected chi connectivity index (χ0v) is 15.0. The normalized spacial score (nSPS) is 11.4. The lowest BCUT2D eigenvalue weighted by Crippen LogP contribution is -2.01. The second-order valence-electron chi connectivity index (χ2n) is 5.67. The van der Waals surface area contributed by atoms with Crippen LogP contribution < -0.4 is 0 Å². The molecule has 25 heavy (non-hydrogen) atoms. The number of benzene rings is 1. The molecule has 0 aliphatic rings. The molecule has 5 nitrogen and oxygen atoms in total. The Morgan fingerprint density at radius 1 is 1.36 bits per heavy atom. The molecule has 0 atom stereocenters. The average molecular weight is 371 g/mol. The Hall–Kier alpha value is -2.31. The Balaban J connectivity index is 1.55. The molecule has 4 rings (SSSR count). The Labute approximate surface area is 153 Å². The van der Waals surface area contributed by atoms with Crippen LogP contribution >= 0.6 is 23.4 Å². The molecule has 7 heteroatoms. The summed E-state index contributed by atoms with van der Waals surface area (Å²) < 4.78 is 0. The standard InChI is InChI=1S/C18H15ClN4OS/c1-2-10-4-3-5-12-13(8-20-16(10)12)15(24)9-25-18-22-14-6-11(19)7-21-17(14)23-18/h3-8,20H,2,9H2,1H3,(H,21,22,23). The second kappa shape index (κ2) is 6.54. The monoisotopic (exact) mass is 370 g/mol. The van der Waals surface area contributed by atoms with E-state index in [0.29, 0.717) is 21.6 Å². The Kier molecular flexibility index (Phi) is 4.23. The number of hydrogen-bond donors (Lipinski definition) is 2. The SMILES string of the molecule is CCc1cccc2c(C(=O)CSc3nc4ncc(Cl)cc4[nH]3)c[nH]c12. The summed E-state index contributed by atoms with van der Waals surface area (Å²) in [5.74, 6) is 0.368. The van der Waals surface area contributed by atoms with Crippen LogP contribution in [0.4, 0.5) is 0 Å². The average Bonchev–Trinajstić information content (AvgIpc) is 3.22. The molecular formula is C18H15ClN4OS. The van der Waals surface area contributed by atoms with Crippen molar-refractivity contribution in [3.05, 3.63) is 52.8 Å². The predicted molar refractivity (Wildman–Crippen MR) is 102 cm³/mol. The number of rotatable bonds is 5. The summed E-state index contributed by atoms with van der Waals surface area (Å²) in [6.07, 6.45) is 4.28. The molecule has 0 unspecified atom stereocenters. The molecule has 4 aromatic rings. The molecule has 1 aromatic carbocycles. The lowest BCUT2D eigenvalue weighted by Gasteiger charge is -2.01. The molecule has 0 bridgehead atoms. The van der Waals surface area contributed by atoms with Gasteiger partial charge in [0.25, 0.3) is 0 Å². The fraction of sp³-hybridized carbons (Fsp3) is 0.167. The number of imidazole rings is 1. The number of ketones is 1. The first-order valence-corrected chi connectivity index (χ1v) is 9.28. The summed E-state index contributed by atoms with van der Waals surface area (Å²) in [7, 11) is 0. The van der Waals surface area contributed by atoms with Crippen molar-refractivity contribution in [3.8, 4) is 0 Å². The van der Waals surface area contributed by atoms with Crippen LogP contribution in [0.2, 0.25) is 5.02 Å². The van der Waals surface area contributed by atoms with Gasteiger partial charge in [-0.2, -0.15) is 0 Å². The number of aryl methyl sites for hydroxylation is 1. The molecule has 0 aliphatic heterocycles. The quantitative estimate of drug-likeness (QED) is 0.396. The van der Waals surface area contributed by atoms with Crippen LogP contribution in [0.1, 0.15) is 22.8 Å². The fourth-order valence-corrected chi connectivity index (χ4v) is 3.79. The van der Waals surface area contributed by atoms with Crippen molar-refractivity contribution in [2.24, 2.45) is 0 Å². The van der Waals surface area contributed by atoms with Gasteiger partial charge in [0.2, 0.25) is 0 Å². The number of H-pyrrole nitrogens is 2. The van der Waals surface area contributed by atoms with E-state index in [1.54, 1.807) is 18.5 Å². The van der Waals surface area contributed by atoms with Gasteiger partial charge < -0.3 is 9.97 Å². The van der Waals surface area contributed by atoms with Crippen LogP contribution in [0.3, 0.4) is 0 Å². The van der Waals surface area contributed by atoms with Gasteiger partial charge in [-0.05, 0) is 18.1 Å². The molecule has 0 spiro atoms. The van der Waals surface area contributed by atoms with Gasteiger partial charge in [-0.1, -0.05) is 48.5 Å². The van der Waals surface area contributed by atoms with Crippen molar-refractivity contribution >= 4 is 51.2 Å². The maximum atomic E-state index is 12.6. The minimum Gasteiger partial charge on any atom is -0.360 e. The molecule has 0 fully saturated rings. The number of para-hydroxylation sites is 1. The summed E-state index contributed by atoms with van der Waals surface area (Å²) in [5.41, 5.74) is 4.33. The minimum atomic E-state index is 0.0657.